The number of rotatable bonds is 10. The molecule has 1 N–H and O–H groups in total. The summed E-state index contributed by atoms with van der Waals surface area (Å²) in [6, 6.07) is 3.99. The predicted octanol–water partition coefficient (Wildman–Crippen LogP) is 3.44. The molecule has 0 spiro atoms. The molecule has 0 amide bonds. The van der Waals surface area contributed by atoms with Crippen LogP contribution in [0.3, 0.4) is 0 Å². The molecule has 1 aromatic rings. The molecule has 0 unspecified atom stereocenters. The molecule has 0 fully saturated rings. The van der Waals surface area contributed by atoms with Gasteiger partial charge in [0.1, 0.15) is 5.75 Å². The largest absolute Gasteiger partial charge is 0.493 e. The first-order valence-electron chi connectivity index (χ1n) is 7.69. The molecule has 118 valence electrons. The average molecular weight is 311 g/mol. The van der Waals surface area contributed by atoms with Gasteiger partial charge in [-0.2, -0.15) is 11.8 Å². The van der Waals surface area contributed by atoms with Gasteiger partial charge in [0.05, 0.1) is 6.61 Å². The molecule has 0 bridgehead atoms. The summed E-state index contributed by atoms with van der Waals surface area (Å²) in [5, 5.41) is 3.41. The Morgan fingerprint density at radius 2 is 2.05 bits per heavy atom. The second kappa shape index (κ2) is 9.05. The second-order valence-electron chi connectivity index (χ2n) is 4.89. The molecule has 1 aromatic carbocycles. The van der Waals surface area contributed by atoms with Crippen molar-refractivity contribution in [3.63, 3.8) is 0 Å². The van der Waals surface area contributed by atoms with Gasteiger partial charge in [0.15, 0.2) is 11.5 Å². The third-order valence-electron chi connectivity index (χ3n) is 3.19. The summed E-state index contributed by atoms with van der Waals surface area (Å²) in [6.07, 6.45) is 2.18. The molecule has 21 heavy (non-hydrogen) atoms. The van der Waals surface area contributed by atoms with E-state index < -0.39 is 0 Å². The van der Waals surface area contributed by atoms with Gasteiger partial charge in [-0.05, 0) is 37.0 Å². The van der Waals surface area contributed by atoms with Crippen LogP contribution in [0.4, 0.5) is 0 Å². The van der Waals surface area contributed by atoms with Gasteiger partial charge in [-0.15, -0.1) is 0 Å². The summed E-state index contributed by atoms with van der Waals surface area (Å²) in [5.74, 6) is 4.81. The SMILES string of the molecule is CCCNCc1cc2c(cc1OCCCSCC)OCO2. The third kappa shape index (κ3) is 5.00. The lowest BCUT2D eigenvalue weighted by molar-refractivity contribution is 0.173. The highest BCUT2D eigenvalue weighted by Gasteiger charge is 2.17. The molecular weight excluding hydrogens is 286 g/mol. The van der Waals surface area contributed by atoms with Crippen molar-refractivity contribution in [2.75, 3.05) is 31.5 Å². The number of benzene rings is 1. The summed E-state index contributed by atoms with van der Waals surface area (Å²) in [6.45, 7) is 7.18. The minimum atomic E-state index is 0.299. The first kappa shape index (κ1) is 16.3. The van der Waals surface area contributed by atoms with Gasteiger partial charge in [-0.25, -0.2) is 0 Å². The fourth-order valence-electron chi connectivity index (χ4n) is 2.13. The number of hydrogen-bond donors (Lipinski definition) is 1. The van der Waals surface area contributed by atoms with Crippen LogP contribution in [0.1, 0.15) is 32.3 Å². The Hall–Kier alpha value is -1.07. The zero-order chi connectivity index (χ0) is 14.9. The highest BCUT2D eigenvalue weighted by Crippen LogP contribution is 2.38. The standard InChI is InChI=1S/C16H25NO3S/c1-3-6-17-11-13-9-15-16(20-12-19-15)10-14(13)18-7-5-8-21-4-2/h9-10,17H,3-8,11-12H2,1-2H3. The quantitative estimate of drug-likeness (QED) is 0.670. The van der Waals surface area contributed by atoms with E-state index in [9.17, 15) is 0 Å². The molecule has 1 heterocycles. The number of thioether (sulfide) groups is 1. The predicted molar refractivity (Wildman–Crippen MR) is 87.7 cm³/mol. The molecule has 1 aliphatic heterocycles. The van der Waals surface area contributed by atoms with Gasteiger partial charge in [0.2, 0.25) is 6.79 Å². The first-order valence-corrected chi connectivity index (χ1v) is 8.84. The molecule has 0 saturated carbocycles. The van der Waals surface area contributed by atoms with E-state index in [-0.39, 0.29) is 0 Å². The molecule has 0 radical (unpaired) electrons. The average Bonchev–Trinajstić information content (AvgIpc) is 2.94. The number of fused-ring (bicyclic) bond motifs is 1. The lowest BCUT2D eigenvalue weighted by Crippen LogP contribution is -2.15. The second-order valence-corrected chi connectivity index (χ2v) is 6.28. The van der Waals surface area contributed by atoms with Crippen molar-refractivity contribution < 1.29 is 14.2 Å². The Balaban J connectivity index is 1.95. The van der Waals surface area contributed by atoms with Crippen LogP contribution in [0.5, 0.6) is 17.2 Å². The monoisotopic (exact) mass is 311 g/mol. The molecule has 0 atom stereocenters. The van der Waals surface area contributed by atoms with Crippen LogP contribution in [-0.2, 0) is 6.54 Å². The van der Waals surface area contributed by atoms with E-state index in [1.807, 2.05) is 23.9 Å². The number of hydrogen-bond acceptors (Lipinski definition) is 5. The van der Waals surface area contributed by atoms with Gasteiger partial charge in [0.25, 0.3) is 0 Å². The highest BCUT2D eigenvalue weighted by molar-refractivity contribution is 7.99. The zero-order valence-corrected chi connectivity index (χ0v) is 13.8. The molecule has 0 saturated heterocycles. The van der Waals surface area contributed by atoms with Crippen LogP contribution in [0.15, 0.2) is 12.1 Å². The Kier molecular flexibility index (Phi) is 7.03. The molecule has 1 aliphatic rings. The highest BCUT2D eigenvalue weighted by atomic mass is 32.2. The van der Waals surface area contributed by atoms with Crippen molar-refractivity contribution in [3.05, 3.63) is 17.7 Å². The number of nitrogens with one attached hydrogen (secondary N) is 1. The molecule has 0 aromatic heterocycles. The van der Waals surface area contributed by atoms with E-state index in [0.29, 0.717) is 6.79 Å². The van der Waals surface area contributed by atoms with E-state index in [1.165, 1.54) is 0 Å². The van der Waals surface area contributed by atoms with Crippen LogP contribution < -0.4 is 19.5 Å². The summed E-state index contributed by atoms with van der Waals surface area (Å²) < 4.78 is 16.8. The van der Waals surface area contributed by atoms with Crippen LogP contribution in [-0.4, -0.2) is 31.5 Å². The fraction of sp³-hybridized carbons (Fsp3) is 0.625. The third-order valence-corrected chi connectivity index (χ3v) is 4.18. The van der Waals surface area contributed by atoms with Crippen molar-refractivity contribution in [2.45, 2.75) is 33.2 Å². The van der Waals surface area contributed by atoms with E-state index in [2.05, 4.69) is 19.2 Å². The molecule has 0 aliphatic carbocycles. The van der Waals surface area contributed by atoms with Gasteiger partial charge in [0, 0.05) is 18.2 Å². The van der Waals surface area contributed by atoms with Gasteiger partial charge in [-0.3, -0.25) is 0 Å². The van der Waals surface area contributed by atoms with E-state index >= 15 is 0 Å². The number of ether oxygens (including phenoxy) is 3. The fourth-order valence-corrected chi connectivity index (χ4v) is 2.74. The van der Waals surface area contributed by atoms with Crippen LogP contribution in [0.25, 0.3) is 0 Å². The Labute approximate surface area is 131 Å². The summed E-state index contributed by atoms with van der Waals surface area (Å²) >= 11 is 1.95. The Morgan fingerprint density at radius 3 is 2.81 bits per heavy atom. The molecule has 2 rings (SSSR count). The Bertz CT molecular complexity index is 440. The smallest absolute Gasteiger partial charge is 0.231 e. The minimum Gasteiger partial charge on any atom is -0.493 e. The van der Waals surface area contributed by atoms with Gasteiger partial charge >= 0.3 is 0 Å². The minimum absolute atomic E-state index is 0.299. The van der Waals surface area contributed by atoms with Crippen LogP contribution >= 0.6 is 11.8 Å². The van der Waals surface area contributed by atoms with Crippen LogP contribution in [0, 0.1) is 0 Å². The van der Waals surface area contributed by atoms with E-state index in [0.717, 1.165) is 66.9 Å². The maximum absolute atomic E-state index is 5.95. The van der Waals surface area contributed by atoms with Crippen molar-refractivity contribution in [1.29, 1.82) is 0 Å². The molecule has 5 heteroatoms. The Morgan fingerprint density at radius 1 is 1.24 bits per heavy atom. The first-order chi connectivity index (χ1) is 10.3. The summed E-state index contributed by atoms with van der Waals surface area (Å²) in [5.41, 5.74) is 1.14. The van der Waals surface area contributed by atoms with Crippen molar-refractivity contribution in [3.8, 4) is 17.2 Å². The van der Waals surface area contributed by atoms with E-state index in [4.69, 9.17) is 14.2 Å². The van der Waals surface area contributed by atoms with Gasteiger partial charge < -0.3 is 19.5 Å². The maximum atomic E-state index is 5.95. The lowest BCUT2D eigenvalue weighted by atomic mass is 10.1. The van der Waals surface area contributed by atoms with Crippen LogP contribution in [0.2, 0.25) is 0 Å². The van der Waals surface area contributed by atoms with E-state index in [1.54, 1.807) is 0 Å². The van der Waals surface area contributed by atoms with Gasteiger partial charge in [-0.1, -0.05) is 13.8 Å². The van der Waals surface area contributed by atoms with Crippen molar-refractivity contribution in [2.24, 2.45) is 0 Å². The molecule has 4 nitrogen and oxygen atoms in total. The van der Waals surface area contributed by atoms with Crippen molar-refractivity contribution in [1.82, 2.24) is 5.32 Å². The summed E-state index contributed by atoms with van der Waals surface area (Å²) in [7, 11) is 0. The maximum Gasteiger partial charge on any atom is 0.231 e. The topological polar surface area (TPSA) is 39.7 Å². The molecular formula is C16H25NO3S. The van der Waals surface area contributed by atoms with Crippen molar-refractivity contribution >= 4 is 11.8 Å². The zero-order valence-electron chi connectivity index (χ0n) is 12.9. The summed E-state index contributed by atoms with van der Waals surface area (Å²) in [4.78, 5) is 0. The normalized spacial score (nSPS) is 12.7. The lowest BCUT2D eigenvalue weighted by Gasteiger charge is -2.13.